The molecular formula is C20H26N4O5S. The van der Waals surface area contributed by atoms with E-state index in [-0.39, 0.29) is 30.7 Å². The number of carbonyl (C=O) groups is 1. The Hall–Kier alpha value is -2.46. The van der Waals surface area contributed by atoms with Crippen LogP contribution in [0.4, 0.5) is 0 Å². The second-order valence-corrected chi connectivity index (χ2v) is 10.3. The summed E-state index contributed by atoms with van der Waals surface area (Å²) >= 11 is 0. The summed E-state index contributed by atoms with van der Waals surface area (Å²) in [5, 5.41) is 3.90. The van der Waals surface area contributed by atoms with Gasteiger partial charge in [-0.15, -0.1) is 0 Å². The van der Waals surface area contributed by atoms with Gasteiger partial charge in [-0.3, -0.25) is 4.79 Å². The smallest absolute Gasteiger partial charge is 0.260 e. The van der Waals surface area contributed by atoms with Crippen molar-refractivity contribution in [1.82, 2.24) is 19.3 Å². The molecule has 2 aromatic rings. The molecule has 0 spiro atoms. The number of nitrogens with zero attached hydrogens (tertiary/aromatic N) is 4. The number of sulfonamides is 1. The van der Waals surface area contributed by atoms with E-state index in [0.29, 0.717) is 37.1 Å². The molecule has 0 saturated carbocycles. The molecule has 2 aliphatic heterocycles. The quantitative estimate of drug-likeness (QED) is 0.671. The van der Waals surface area contributed by atoms with E-state index in [1.807, 2.05) is 31.2 Å². The van der Waals surface area contributed by atoms with Crippen LogP contribution in [0.15, 0.2) is 28.8 Å². The van der Waals surface area contributed by atoms with Gasteiger partial charge in [0.2, 0.25) is 15.9 Å². The first-order valence-corrected chi connectivity index (χ1v) is 11.6. The summed E-state index contributed by atoms with van der Waals surface area (Å²) in [5.41, 5.74) is 0.362. The number of rotatable bonds is 6. The highest BCUT2D eigenvalue weighted by Crippen LogP contribution is 2.45. The van der Waals surface area contributed by atoms with E-state index < -0.39 is 15.4 Å². The molecule has 0 unspecified atom stereocenters. The molecule has 0 N–H and O–H groups in total. The Morgan fingerprint density at radius 1 is 1.30 bits per heavy atom. The highest BCUT2D eigenvalue weighted by Gasteiger charge is 2.59. The summed E-state index contributed by atoms with van der Waals surface area (Å²) < 4.78 is 37.6. The fourth-order valence-corrected chi connectivity index (χ4v) is 5.55. The van der Waals surface area contributed by atoms with Crippen LogP contribution in [0.2, 0.25) is 0 Å². The summed E-state index contributed by atoms with van der Waals surface area (Å²) in [7, 11) is -3.35. The van der Waals surface area contributed by atoms with E-state index in [1.54, 1.807) is 18.7 Å². The van der Waals surface area contributed by atoms with Gasteiger partial charge in [-0.1, -0.05) is 17.3 Å². The number of ether oxygens (including phenoxy) is 1. The van der Waals surface area contributed by atoms with E-state index in [0.717, 1.165) is 5.56 Å². The van der Waals surface area contributed by atoms with E-state index in [4.69, 9.17) is 9.26 Å². The highest BCUT2D eigenvalue weighted by atomic mass is 32.2. The van der Waals surface area contributed by atoms with Crippen molar-refractivity contribution in [2.45, 2.75) is 26.2 Å². The largest absolute Gasteiger partial charge is 0.484 e. The van der Waals surface area contributed by atoms with Gasteiger partial charge in [0.1, 0.15) is 5.75 Å². The molecule has 2 aliphatic rings. The first-order chi connectivity index (χ1) is 14.2. The zero-order valence-corrected chi connectivity index (χ0v) is 18.2. The number of aryl methyl sites for hydroxylation is 2. The van der Waals surface area contributed by atoms with Crippen LogP contribution in [0.25, 0.3) is 0 Å². The van der Waals surface area contributed by atoms with Crippen molar-refractivity contribution in [3.8, 4) is 5.75 Å². The number of hydrogen-bond acceptors (Lipinski definition) is 7. The molecule has 9 nitrogen and oxygen atoms in total. The van der Waals surface area contributed by atoms with Crippen molar-refractivity contribution >= 4 is 15.9 Å². The average Bonchev–Trinajstić information content (AvgIpc) is 3.39. The SMILES string of the molecule is CCS(=O)(=O)N1C[C@@H]2CN(C(=O)COc3cccc(C)c3)C[C@]2(c2nc(C)no2)C1. The van der Waals surface area contributed by atoms with Crippen LogP contribution < -0.4 is 4.74 Å². The first kappa shape index (κ1) is 20.8. The number of benzene rings is 1. The third kappa shape index (κ3) is 3.69. The van der Waals surface area contributed by atoms with Gasteiger partial charge < -0.3 is 14.2 Å². The van der Waals surface area contributed by atoms with Gasteiger partial charge in [0.15, 0.2) is 12.4 Å². The van der Waals surface area contributed by atoms with Crippen molar-refractivity contribution in [2.24, 2.45) is 5.92 Å². The molecule has 2 fully saturated rings. The minimum absolute atomic E-state index is 0.0334. The molecule has 10 heteroatoms. The number of likely N-dealkylation sites (tertiary alicyclic amines) is 1. The van der Waals surface area contributed by atoms with E-state index in [1.165, 1.54) is 4.31 Å². The maximum atomic E-state index is 12.9. The van der Waals surface area contributed by atoms with Crippen LogP contribution in [0.3, 0.4) is 0 Å². The molecule has 0 radical (unpaired) electrons. The normalized spacial score (nSPS) is 24.2. The van der Waals surface area contributed by atoms with Crippen LogP contribution in [-0.4, -0.2) is 72.2 Å². The van der Waals surface area contributed by atoms with Gasteiger partial charge in [0.05, 0.1) is 11.2 Å². The summed E-state index contributed by atoms with van der Waals surface area (Å²) in [6, 6.07) is 7.53. The second-order valence-electron chi connectivity index (χ2n) is 8.07. The van der Waals surface area contributed by atoms with Crippen LogP contribution in [0.5, 0.6) is 5.75 Å². The van der Waals surface area contributed by atoms with Crippen molar-refractivity contribution < 1.29 is 22.5 Å². The van der Waals surface area contributed by atoms with Crippen LogP contribution in [0.1, 0.15) is 24.2 Å². The number of fused-ring (bicyclic) bond motifs is 1. The monoisotopic (exact) mass is 434 g/mol. The minimum atomic E-state index is -3.35. The summed E-state index contributed by atoms with van der Waals surface area (Å²) in [4.78, 5) is 19.0. The van der Waals surface area contributed by atoms with Gasteiger partial charge >= 0.3 is 0 Å². The number of aromatic nitrogens is 2. The Kier molecular flexibility index (Phi) is 5.31. The van der Waals surface area contributed by atoms with Crippen LogP contribution in [0, 0.1) is 19.8 Å². The predicted molar refractivity (Wildman–Crippen MR) is 108 cm³/mol. The molecule has 1 aromatic carbocycles. The Morgan fingerprint density at radius 3 is 2.77 bits per heavy atom. The zero-order chi connectivity index (χ0) is 21.5. The van der Waals surface area contributed by atoms with Crippen molar-refractivity contribution in [1.29, 1.82) is 0 Å². The lowest BCUT2D eigenvalue weighted by atomic mass is 9.81. The lowest BCUT2D eigenvalue weighted by molar-refractivity contribution is -0.132. The van der Waals surface area contributed by atoms with Gasteiger partial charge in [-0.2, -0.15) is 4.98 Å². The standard InChI is InChI=1S/C20H26N4O5S/c1-4-30(26,27)24-10-16-9-23(12-20(16,13-24)19-21-15(3)22-29-19)18(25)11-28-17-7-5-6-14(2)8-17/h5-8,16H,4,9-13H2,1-3H3/t16-,20-/m0/s1. The van der Waals surface area contributed by atoms with Crippen LogP contribution >= 0.6 is 0 Å². The van der Waals surface area contributed by atoms with Crippen LogP contribution in [-0.2, 0) is 20.2 Å². The maximum absolute atomic E-state index is 12.9. The summed E-state index contributed by atoms with van der Waals surface area (Å²) in [5.74, 6) is 1.31. The van der Waals surface area contributed by atoms with E-state index in [2.05, 4.69) is 10.1 Å². The third-order valence-corrected chi connectivity index (χ3v) is 7.79. The maximum Gasteiger partial charge on any atom is 0.260 e. The number of carbonyl (C=O) groups excluding carboxylic acids is 1. The van der Waals surface area contributed by atoms with Gasteiger partial charge in [-0.25, -0.2) is 12.7 Å². The molecule has 162 valence electrons. The summed E-state index contributed by atoms with van der Waals surface area (Å²) in [6.07, 6.45) is 0. The topological polar surface area (TPSA) is 106 Å². The lowest BCUT2D eigenvalue weighted by Crippen LogP contribution is -2.42. The third-order valence-electron chi connectivity index (χ3n) is 5.99. The Morgan fingerprint density at radius 2 is 2.10 bits per heavy atom. The van der Waals surface area contributed by atoms with Gasteiger partial charge in [0.25, 0.3) is 5.91 Å². The van der Waals surface area contributed by atoms with Crippen molar-refractivity contribution in [2.75, 3.05) is 38.5 Å². The van der Waals surface area contributed by atoms with Crippen molar-refractivity contribution in [3.63, 3.8) is 0 Å². The number of hydrogen-bond donors (Lipinski definition) is 0. The Labute approximate surface area is 176 Å². The average molecular weight is 435 g/mol. The van der Waals surface area contributed by atoms with E-state index in [9.17, 15) is 13.2 Å². The molecule has 3 heterocycles. The minimum Gasteiger partial charge on any atom is -0.484 e. The Balaban J connectivity index is 1.52. The molecular weight excluding hydrogens is 408 g/mol. The highest BCUT2D eigenvalue weighted by molar-refractivity contribution is 7.89. The zero-order valence-electron chi connectivity index (χ0n) is 17.4. The molecule has 1 amide bonds. The first-order valence-electron chi connectivity index (χ1n) is 9.99. The fourth-order valence-electron chi connectivity index (χ4n) is 4.35. The molecule has 0 aliphatic carbocycles. The number of amides is 1. The van der Waals surface area contributed by atoms with Crippen molar-refractivity contribution in [3.05, 3.63) is 41.5 Å². The van der Waals surface area contributed by atoms with Gasteiger partial charge in [0, 0.05) is 32.1 Å². The second kappa shape index (κ2) is 7.66. The molecule has 30 heavy (non-hydrogen) atoms. The lowest BCUT2D eigenvalue weighted by Gasteiger charge is -2.25. The molecule has 2 saturated heterocycles. The molecule has 1 aromatic heterocycles. The van der Waals surface area contributed by atoms with E-state index >= 15 is 0 Å². The van der Waals surface area contributed by atoms with Gasteiger partial charge in [-0.05, 0) is 38.5 Å². The fraction of sp³-hybridized carbons (Fsp3) is 0.550. The molecule has 0 bridgehead atoms. The predicted octanol–water partition coefficient (Wildman–Crippen LogP) is 1.13. The molecule has 2 atom stereocenters. The summed E-state index contributed by atoms with van der Waals surface area (Å²) in [6.45, 7) is 6.55. The Bertz CT molecular complexity index is 1050. The molecule has 4 rings (SSSR count).